The fraction of sp³-hybridized carbons (Fsp3) is 0.0545. The molecule has 0 radical (unpaired) electrons. The van der Waals surface area contributed by atoms with Crippen LogP contribution in [0.15, 0.2) is 188 Å². The average molecular weight is 742 g/mol. The lowest BCUT2D eigenvalue weighted by molar-refractivity contribution is 1.14. The van der Waals surface area contributed by atoms with Crippen LogP contribution in [0.1, 0.15) is 18.1 Å². The monoisotopic (exact) mass is 741 g/mol. The molecule has 3 heteroatoms. The van der Waals surface area contributed by atoms with Gasteiger partial charge in [-0.05, 0) is 123 Å². The van der Waals surface area contributed by atoms with Crippen LogP contribution in [0.4, 0.5) is 17.1 Å². The lowest BCUT2D eigenvalue weighted by Gasteiger charge is -2.29. The molecule has 0 fully saturated rings. The van der Waals surface area contributed by atoms with E-state index in [1.807, 2.05) is 0 Å². The Hall–Kier alpha value is -7.36. The number of rotatable bonds is 6. The summed E-state index contributed by atoms with van der Waals surface area (Å²) in [4.78, 5) is 2.45. The normalized spacial score (nSPS) is 12.0. The van der Waals surface area contributed by atoms with Gasteiger partial charge in [-0.2, -0.15) is 0 Å². The number of fused-ring (bicyclic) bond motifs is 11. The van der Waals surface area contributed by atoms with Crippen molar-refractivity contribution in [2.75, 3.05) is 4.90 Å². The van der Waals surface area contributed by atoms with E-state index in [2.05, 4.69) is 216 Å². The van der Waals surface area contributed by atoms with Crippen molar-refractivity contribution >= 4 is 82.5 Å². The van der Waals surface area contributed by atoms with E-state index >= 15 is 0 Å². The number of hydrogen-bond acceptors (Lipinski definition) is 1. The Balaban J connectivity index is 1.08. The summed E-state index contributed by atoms with van der Waals surface area (Å²) in [5, 5.41) is 8.87. The quantitative estimate of drug-likeness (QED) is 0.165. The van der Waals surface area contributed by atoms with Gasteiger partial charge in [-0.25, -0.2) is 0 Å². The maximum atomic E-state index is 2.48. The second-order valence-corrected chi connectivity index (χ2v) is 15.6. The molecule has 0 spiro atoms. The minimum atomic E-state index is 0.983. The highest BCUT2D eigenvalue weighted by molar-refractivity contribution is 6.24. The second kappa shape index (κ2) is 12.6. The van der Waals surface area contributed by atoms with Crippen LogP contribution in [0.5, 0.6) is 0 Å². The number of aromatic nitrogens is 2. The summed E-state index contributed by atoms with van der Waals surface area (Å²) in [6, 6.07) is 69.5. The Labute approximate surface area is 336 Å². The highest BCUT2D eigenvalue weighted by atomic mass is 15.1. The first kappa shape index (κ1) is 32.8. The lowest BCUT2D eigenvalue weighted by Crippen LogP contribution is -2.12. The van der Waals surface area contributed by atoms with Crippen molar-refractivity contribution < 1.29 is 0 Å². The van der Waals surface area contributed by atoms with Gasteiger partial charge < -0.3 is 4.90 Å². The molecule has 58 heavy (non-hydrogen) atoms. The summed E-state index contributed by atoms with van der Waals surface area (Å²) in [6.45, 7) is 4.53. The topological polar surface area (TPSA) is 12.1 Å². The number of hydrogen-bond donors (Lipinski definition) is 0. The van der Waals surface area contributed by atoms with Crippen molar-refractivity contribution in [2.45, 2.75) is 20.3 Å². The van der Waals surface area contributed by atoms with Gasteiger partial charge >= 0.3 is 0 Å². The molecule has 0 bridgehead atoms. The fourth-order valence-electron chi connectivity index (χ4n) is 9.89. The van der Waals surface area contributed by atoms with E-state index in [1.165, 1.54) is 104 Å². The zero-order valence-corrected chi connectivity index (χ0v) is 32.4. The summed E-state index contributed by atoms with van der Waals surface area (Å²) in [5.74, 6) is 0. The van der Waals surface area contributed by atoms with Crippen molar-refractivity contribution in [1.82, 2.24) is 8.80 Å². The third-order valence-electron chi connectivity index (χ3n) is 12.6. The molecular formula is C55H39N3. The molecule has 0 atom stereocenters. The molecule has 0 amide bonds. The molecular weight excluding hydrogens is 703 g/mol. The zero-order chi connectivity index (χ0) is 38.5. The van der Waals surface area contributed by atoms with Gasteiger partial charge in [-0.3, -0.25) is 8.80 Å². The Morgan fingerprint density at radius 1 is 0.431 bits per heavy atom. The molecule has 0 aliphatic carbocycles. The van der Waals surface area contributed by atoms with Crippen LogP contribution in [-0.4, -0.2) is 8.80 Å². The Bertz CT molecular complexity index is 3560. The fourth-order valence-corrected chi connectivity index (χ4v) is 9.89. The maximum absolute atomic E-state index is 2.48. The second-order valence-electron chi connectivity index (χ2n) is 15.6. The van der Waals surface area contributed by atoms with E-state index in [4.69, 9.17) is 0 Å². The largest absolute Gasteiger partial charge is 0.310 e. The van der Waals surface area contributed by atoms with E-state index in [-0.39, 0.29) is 0 Å². The van der Waals surface area contributed by atoms with Crippen molar-refractivity contribution in [3.05, 3.63) is 199 Å². The highest BCUT2D eigenvalue weighted by Crippen LogP contribution is 2.45. The van der Waals surface area contributed by atoms with Crippen molar-refractivity contribution in [3.8, 4) is 22.3 Å². The van der Waals surface area contributed by atoms with Gasteiger partial charge in [-0.1, -0.05) is 140 Å². The summed E-state index contributed by atoms with van der Waals surface area (Å²) < 4.78 is 4.95. The number of imidazole rings is 1. The van der Waals surface area contributed by atoms with E-state index in [9.17, 15) is 0 Å². The van der Waals surface area contributed by atoms with Crippen LogP contribution < -0.4 is 4.90 Å². The van der Waals surface area contributed by atoms with Gasteiger partial charge in [0.2, 0.25) is 0 Å². The van der Waals surface area contributed by atoms with Crippen LogP contribution in [-0.2, 0) is 6.42 Å². The van der Waals surface area contributed by atoms with Crippen LogP contribution in [0, 0.1) is 6.92 Å². The van der Waals surface area contributed by atoms with Crippen molar-refractivity contribution in [2.24, 2.45) is 0 Å². The molecule has 12 rings (SSSR count). The Morgan fingerprint density at radius 2 is 1.02 bits per heavy atom. The first-order valence-electron chi connectivity index (χ1n) is 20.3. The Kier molecular flexibility index (Phi) is 7.12. The molecule has 274 valence electrons. The summed E-state index contributed by atoms with van der Waals surface area (Å²) in [6.07, 6.45) is 0.983. The Morgan fingerprint density at radius 3 is 1.78 bits per heavy atom. The minimum absolute atomic E-state index is 0.983. The minimum Gasteiger partial charge on any atom is -0.310 e. The van der Waals surface area contributed by atoms with Gasteiger partial charge in [-0.15, -0.1) is 0 Å². The van der Waals surface area contributed by atoms with Gasteiger partial charge in [0, 0.05) is 33.2 Å². The van der Waals surface area contributed by atoms with E-state index in [0.29, 0.717) is 0 Å². The molecule has 0 aliphatic heterocycles. The van der Waals surface area contributed by atoms with Crippen LogP contribution in [0.25, 0.3) is 87.7 Å². The SMILES string of the molecule is CCc1ccccc1-c1cccc(N(c2ccc(-c3cccc4ccccc34)cc2)c2ccc3cc4c(cc3c2)n2c3ccccc3c3c5ccccc5n4c32)c1C. The summed E-state index contributed by atoms with van der Waals surface area (Å²) in [7, 11) is 0. The molecule has 0 unspecified atom stereocenters. The third-order valence-corrected chi connectivity index (χ3v) is 12.6. The first-order valence-corrected chi connectivity index (χ1v) is 20.3. The summed E-state index contributed by atoms with van der Waals surface area (Å²) in [5.41, 5.74) is 17.2. The standard InChI is InChI=1S/C55H39N3/c1-3-36-14-4-6-17-44(36)43-21-13-25-49(35(43)2)56(41-29-26-38(27-30-41)46-22-12-16-37-15-5-7-18-45(37)46)42-31-28-39-33-52-53(34-40(39)32-42)58-51-24-11-9-20-48(51)54-47-19-8-10-23-50(47)57(52)55(54)58/h4-34H,3H2,1-2H3. The molecule has 3 heterocycles. The zero-order valence-electron chi connectivity index (χ0n) is 32.4. The first-order chi connectivity index (χ1) is 28.7. The smallest absolute Gasteiger partial charge is 0.131 e. The lowest BCUT2D eigenvalue weighted by atomic mass is 9.93. The third kappa shape index (κ3) is 4.68. The van der Waals surface area contributed by atoms with Crippen LogP contribution >= 0.6 is 0 Å². The predicted octanol–water partition coefficient (Wildman–Crippen LogP) is 15.1. The molecule has 0 saturated carbocycles. The molecule has 12 aromatic rings. The van der Waals surface area contributed by atoms with Crippen LogP contribution in [0.2, 0.25) is 0 Å². The molecule has 3 aromatic heterocycles. The van der Waals surface area contributed by atoms with Gasteiger partial charge in [0.15, 0.2) is 0 Å². The van der Waals surface area contributed by atoms with Gasteiger partial charge in [0.1, 0.15) is 5.65 Å². The molecule has 0 aliphatic rings. The number of para-hydroxylation sites is 2. The highest BCUT2D eigenvalue weighted by Gasteiger charge is 2.24. The number of anilines is 3. The molecule has 0 saturated heterocycles. The molecule has 0 N–H and O–H groups in total. The van der Waals surface area contributed by atoms with E-state index < -0.39 is 0 Å². The predicted molar refractivity (Wildman–Crippen MR) is 247 cm³/mol. The number of nitrogens with zero attached hydrogens (tertiary/aromatic N) is 3. The number of aryl methyl sites for hydroxylation is 1. The summed E-state index contributed by atoms with van der Waals surface area (Å²) >= 11 is 0. The average Bonchev–Trinajstić information content (AvgIpc) is 3.91. The van der Waals surface area contributed by atoms with E-state index in [1.54, 1.807) is 0 Å². The molecule has 9 aromatic carbocycles. The van der Waals surface area contributed by atoms with Crippen molar-refractivity contribution in [1.29, 1.82) is 0 Å². The number of benzene rings is 9. The van der Waals surface area contributed by atoms with Gasteiger partial charge in [0.05, 0.1) is 22.1 Å². The maximum Gasteiger partial charge on any atom is 0.131 e. The van der Waals surface area contributed by atoms with E-state index in [0.717, 1.165) is 17.8 Å². The molecule has 3 nitrogen and oxygen atoms in total. The van der Waals surface area contributed by atoms with Crippen LogP contribution in [0.3, 0.4) is 0 Å². The van der Waals surface area contributed by atoms with Gasteiger partial charge in [0.25, 0.3) is 0 Å². The van der Waals surface area contributed by atoms with Crippen molar-refractivity contribution in [3.63, 3.8) is 0 Å².